The molecule has 3 rings (SSSR count). The zero-order valence-electron chi connectivity index (χ0n) is 11.4. The molecule has 0 radical (unpaired) electrons. The van der Waals surface area contributed by atoms with Crippen molar-refractivity contribution in [2.45, 2.75) is 12.5 Å². The lowest BCUT2D eigenvalue weighted by atomic mass is 9.95. The Labute approximate surface area is 129 Å². The standard InChI is InChI=1S/C15H20Cl2N2O/c16-12-3-10(4-13(17)5-12)1-2-19-7-11-6-18-15(9-20)14(11)8-19/h3-5,11,14-15,18,20H,1-2,6-9H2/t11-,14+,15+/m1/s1. The Kier molecular flexibility index (Phi) is 4.53. The minimum Gasteiger partial charge on any atom is -0.395 e. The molecule has 2 heterocycles. The topological polar surface area (TPSA) is 35.5 Å². The first-order chi connectivity index (χ1) is 9.65. The van der Waals surface area contributed by atoms with Crippen LogP contribution in [0.25, 0.3) is 0 Å². The number of aliphatic hydroxyl groups is 1. The van der Waals surface area contributed by atoms with E-state index in [0.29, 0.717) is 21.9 Å². The summed E-state index contributed by atoms with van der Waals surface area (Å²) >= 11 is 12.1. The van der Waals surface area contributed by atoms with Gasteiger partial charge >= 0.3 is 0 Å². The molecule has 0 amide bonds. The average Bonchev–Trinajstić information content (AvgIpc) is 2.94. The molecule has 2 aliphatic heterocycles. The average molecular weight is 315 g/mol. The van der Waals surface area contributed by atoms with E-state index in [1.807, 2.05) is 12.1 Å². The summed E-state index contributed by atoms with van der Waals surface area (Å²) in [7, 11) is 0. The molecule has 2 fully saturated rings. The highest BCUT2D eigenvalue weighted by Gasteiger charge is 2.41. The van der Waals surface area contributed by atoms with Crippen LogP contribution in [0.15, 0.2) is 18.2 Å². The van der Waals surface area contributed by atoms with Crippen LogP contribution in [0.5, 0.6) is 0 Å². The van der Waals surface area contributed by atoms with Crippen LogP contribution in [0.2, 0.25) is 10.0 Å². The van der Waals surface area contributed by atoms with Crippen molar-refractivity contribution in [1.82, 2.24) is 10.2 Å². The molecule has 0 bridgehead atoms. The summed E-state index contributed by atoms with van der Waals surface area (Å²) in [6, 6.07) is 6.03. The molecule has 0 spiro atoms. The summed E-state index contributed by atoms with van der Waals surface area (Å²) in [4.78, 5) is 2.49. The summed E-state index contributed by atoms with van der Waals surface area (Å²) in [6.07, 6.45) is 0.969. The lowest BCUT2D eigenvalue weighted by molar-refractivity contribution is 0.215. The molecule has 0 unspecified atom stereocenters. The highest BCUT2D eigenvalue weighted by Crippen LogP contribution is 2.30. The molecule has 1 aromatic rings. The van der Waals surface area contributed by atoms with Gasteiger partial charge in [0.2, 0.25) is 0 Å². The summed E-state index contributed by atoms with van der Waals surface area (Å²) < 4.78 is 0. The first kappa shape index (κ1) is 14.6. The van der Waals surface area contributed by atoms with E-state index >= 15 is 0 Å². The fourth-order valence-electron chi connectivity index (χ4n) is 3.54. The van der Waals surface area contributed by atoms with Crippen molar-refractivity contribution in [3.05, 3.63) is 33.8 Å². The molecular weight excluding hydrogens is 295 g/mol. The van der Waals surface area contributed by atoms with Crippen LogP contribution in [0.4, 0.5) is 0 Å². The van der Waals surface area contributed by atoms with E-state index in [2.05, 4.69) is 10.2 Å². The van der Waals surface area contributed by atoms with Crippen molar-refractivity contribution < 1.29 is 5.11 Å². The van der Waals surface area contributed by atoms with Crippen LogP contribution in [0.3, 0.4) is 0 Å². The number of benzene rings is 1. The SMILES string of the molecule is OC[C@@H]1NC[C@@H]2CN(CCc3cc(Cl)cc(Cl)c3)C[C@@H]21. The van der Waals surface area contributed by atoms with Crippen LogP contribution in [-0.4, -0.2) is 48.8 Å². The molecule has 2 N–H and O–H groups in total. The van der Waals surface area contributed by atoms with Gasteiger partial charge in [-0.2, -0.15) is 0 Å². The van der Waals surface area contributed by atoms with Gasteiger partial charge in [-0.3, -0.25) is 0 Å². The second-order valence-electron chi connectivity index (χ2n) is 5.91. The Morgan fingerprint density at radius 1 is 1.20 bits per heavy atom. The molecule has 110 valence electrons. The third-order valence-electron chi connectivity index (χ3n) is 4.56. The zero-order chi connectivity index (χ0) is 14.1. The predicted octanol–water partition coefficient (Wildman–Crippen LogP) is 2.05. The van der Waals surface area contributed by atoms with Crippen molar-refractivity contribution in [2.24, 2.45) is 11.8 Å². The van der Waals surface area contributed by atoms with Gasteiger partial charge in [0.05, 0.1) is 6.61 Å². The third-order valence-corrected chi connectivity index (χ3v) is 5.00. The normalized spacial score (nSPS) is 29.9. The number of hydrogen-bond donors (Lipinski definition) is 2. The van der Waals surface area contributed by atoms with Crippen LogP contribution in [-0.2, 0) is 6.42 Å². The smallest absolute Gasteiger partial charge is 0.0587 e. The monoisotopic (exact) mass is 314 g/mol. The summed E-state index contributed by atoms with van der Waals surface area (Å²) in [5.41, 5.74) is 1.19. The Bertz CT molecular complexity index is 463. The van der Waals surface area contributed by atoms with E-state index in [0.717, 1.165) is 32.6 Å². The van der Waals surface area contributed by atoms with E-state index in [1.165, 1.54) is 5.56 Å². The van der Waals surface area contributed by atoms with E-state index in [4.69, 9.17) is 23.2 Å². The van der Waals surface area contributed by atoms with Crippen LogP contribution in [0.1, 0.15) is 5.56 Å². The molecule has 3 nitrogen and oxygen atoms in total. The van der Waals surface area contributed by atoms with Gasteiger partial charge in [0.15, 0.2) is 0 Å². The van der Waals surface area contributed by atoms with Gasteiger partial charge < -0.3 is 15.3 Å². The van der Waals surface area contributed by atoms with E-state index in [-0.39, 0.29) is 12.6 Å². The van der Waals surface area contributed by atoms with Crippen LogP contribution >= 0.6 is 23.2 Å². The van der Waals surface area contributed by atoms with Gasteiger partial charge in [0.25, 0.3) is 0 Å². The lowest BCUT2D eigenvalue weighted by Crippen LogP contribution is -2.35. The number of fused-ring (bicyclic) bond motifs is 1. The molecule has 20 heavy (non-hydrogen) atoms. The summed E-state index contributed by atoms with van der Waals surface area (Å²) in [5.74, 6) is 1.29. The number of nitrogens with zero attached hydrogens (tertiary/aromatic N) is 1. The van der Waals surface area contributed by atoms with E-state index in [9.17, 15) is 5.11 Å². The second-order valence-corrected chi connectivity index (χ2v) is 6.78. The minimum absolute atomic E-state index is 0.249. The number of halogens is 2. The maximum atomic E-state index is 9.36. The van der Waals surface area contributed by atoms with Crippen LogP contribution in [0, 0.1) is 11.8 Å². The maximum absolute atomic E-state index is 9.36. The number of aliphatic hydroxyl groups excluding tert-OH is 1. The van der Waals surface area contributed by atoms with Crippen molar-refractivity contribution in [3.63, 3.8) is 0 Å². The Morgan fingerprint density at radius 3 is 2.65 bits per heavy atom. The lowest BCUT2D eigenvalue weighted by Gasteiger charge is -2.19. The zero-order valence-corrected chi connectivity index (χ0v) is 12.9. The maximum Gasteiger partial charge on any atom is 0.0587 e. The molecular formula is C15H20Cl2N2O. The number of hydrogen-bond acceptors (Lipinski definition) is 3. The van der Waals surface area contributed by atoms with Crippen molar-refractivity contribution in [2.75, 3.05) is 32.8 Å². The highest BCUT2D eigenvalue weighted by atomic mass is 35.5. The second kappa shape index (κ2) is 6.20. The molecule has 0 saturated carbocycles. The molecule has 1 aromatic carbocycles. The largest absolute Gasteiger partial charge is 0.395 e. The van der Waals surface area contributed by atoms with Crippen molar-refractivity contribution in [1.29, 1.82) is 0 Å². The quantitative estimate of drug-likeness (QED) is 0.893. The van der Waals surface area contributed by atoms with Gasteiger partial charge in [0, 0.05) is 35.7 Å². The van der Waals surface area contributed by atoms with Gasteiger partial charge in [-0.15, -0.1) is 0 Å². The third kappa shape index (κ3) is 3.12. The molecule has 2 aliphatic rings. The fraction of sp³-hybridized carbons (Fsp3) is 0.600. The first-order valence-electron chi connectivity index (χ1n) is 7.17. The molecule has 0 aromatic heterocycles. The van der Waals surface area contributed by atoms with Gasteiger partial charge in [-0.05, 0) is 48.6 Å². The Balaban J connectivity index is 1.55. The van der Waals surface area contributed by atoms with Crippen LogP contribution < -0.4 is 5.32 Å². The van der Waals surface area contributed by atoms with E-state index in [1.54, 1.807) is 6.07 Å². The minimum atomic E-state index is 0.249. The Hall–Kier alpha value is -0.320. The van der Waals surface area contributed by atoms with Crippen molar-refractivity contribution in [3.8, 4) is 0 Å². The molecule has 2 saturated heterocycles. The fourth-order valence-corrected chi connectivity index (χ4v) is 4.11. The molecule has 5 heteroatoms. The number of nitrogens with one attached hydrogen (secondary N) is 1. The number of rotatable bonds is 4. The van der Waals surface area contributed by atoms with Gasteiger partial charge in [-0.25, -0.2) is 0 Å². The first-order valence-corrected chi connectivity index (χ1v) is 7.93. The predicted molar refractivity (Wildman–Crippen MR) is 82.5 cm³/mol. The van der Waals surface area contributed by atoms with Gasteiger partial charge in [-0.1, -0.05) is 23.2 Å². The van der Waals surface area contributed by atoms with Gasteiger partial charge in [0.1, 0.15) is 0 Å². The number of likely N-dealkylation sites (tertiary alicyclic amines) is 1. The summed E-state index contributed by atoms with van der Waals surface area (Å²) in [5, 5.41) is 14.2. The van der Waals surface area contributed by atoms with E-state index < -0.39 is 0 Å². The summed E-state index contributed by atoms with van der Waals surface area (Å²) in [6.45, 7) is 4.52. The molecule has 3 atom stereocenters. The van der Waals surface area contributed by atoms with Crippen molar-refractivity contribution >= 4 is 23.2 Å². The highest BCUT2D eigenvalue weighted by molar-refractivity contribution is 6.34. The Morgan fingerprint density at radius 2 is 1.95 bits per heavy atom. The molecule has 0 aliphatic carbocycles.